The summed E-state index contributed by atoms with van der Waals surface area (Å²) in [5, 5.41) is 0.449. The number of carbonyl (C=O) groups excluding carboxylic acids is 1. The second-order valence-corrected chi connectivity index (χ2v) is 16.6. The molecule has 0 amide bonds. The van der Waals surface area contributed by atoms with Crippen molar-refractivity contribution in [2.45, 2.75) is 96.3 Å². The summed E-state index contributed by atoms with van der Waals surface area (Å²) in [5.74, 6) is -0.487. The minimum absolute atomic E-state index is 0.130. The highest BCUT2D eigenvalue weighted by Crippen LogP contribution is 2.41. The topological polar surface area (TPSA) is 81.7 Å². The third-order valence-corrected chi connectivity index (χ3v) is 11.6. The van der Waals surface area contributed by atoms with Gasteiger partial charge in [-0.25, -0.2) is 0 Å². The predicted octanol–water partition coefficient (Wildman–Crippen LogP) is 11.9. The maximum Gasteiger partial charge on any atom is 0.194 e. The van der Waals surface area contributed by atoms with Gasteiger partial charge in [0.1, 0.15) is 35.8 Å². The Labute approximate surface area is 377 Å². The van der Waals surface area contributed by atoms with Crippen molar-refractivity contribution in [3.05, 3.63) is 208 Å². The van der Waals surface area contributed by atoms with Crippen LogP contribution in [0.4, 0.5) is 0 Å². The molecule has 1 aliphatic heterocycles. The molecule has 0 radical (unpaired) electrons. The van der Waals surface area contributed by atoms with Crippen molar-refractivity contribution in [2.75, 3.05) is 13.2 Å². The van der Waals surface area contributed by atoms with Gasteiger partial charge < -0.3 is 33.2 Å². The predicted molar refractivity (Wildman–Crippen MR) is 246 cm³/mol. The van der Waals surface area contributed by atoms with E-state index in [1.165, 1.54) is 0 Å². The summed E-state index contributed by atoms with van der Waals surface area (Å²) in [6.45, 7) is 9.39. The number of ketones is 1. The van der Waals surface area contributed by atoms with Crippen molar-refractivity contribution in [2.24, 2.45) is 0 Å². The monoisotopic (exact) mass is 868 g/mol. The number of hydrogen-bond acceptors (Lipinski definition) is 8. The van der Waals surface area contributed by atoms with Crippen LogP contribution in [0.1, 0.15) is 84.0 Å². The smallest absolute Gasteiger partial charge is 0.194 e. The fraction of sp³-hybridized carbons (Fsp3) is 0.315. The molecular weight excluding hydrogens is 812 g/mol. The highest BCUT2D eigenvalue weighted by Gasteiger charge is 2.55. The van der Waals surface area contributed by atoms with E-state index in [9.17, 15) is 0 Å². The molecule has 8 nitrogen and oxygen atoms in total. The van der Waals surface area contributed by atoms with Crippen molar-refractivity contribution >= 4 is 17.4 Å². The van der Waals surface area contributed by atoms with Crippen LogP contribution in [0.15, 0.2) is 164 Å². The van der Waals surface area contributed by atoms with Crippen LogP contribution >= 0.6 is 11.6 Å². The molecule has 7 rings (SSSR count). The molecule has 0 saturated carbocycles. The van der Waals surface area contributed by atoms with Crippen LogP contribution in [-0.2, 0) is 54.8 Å². The van der Waals surface area contributed by atoms with E-state index in [1.54, 1.807) is 12.1 Å². The minimum atomic E-state index is -1.19. The fourth-order valence-corrected chi connectivity index (χ4v) is 8.15. The molecule has 9 heteroatoms. The van der Waals surface area contributed by atoms with Gasteiger partial charge in [0.25, 0.3) is 0 Å². The molecule has 6 aromatic carbocycles. The second kappa shape index (κ2) is 22.0. The normalized spacial score (nSPS) is 17.7. The van der Waals surface area contributed by atoms with Crippen LogP contribution in [0.3, 0.4) is 0 Å². The van der Waals surface area contributed by atoms with E-state index in [1.807, 2.05) is 179 Å². The highest BCUT2D eigenvalue weighted by atomic mass is 35.5. The van der Waals surface area contributed by atoms with Gasteiger partial charge in [0, 0.05) is 16.1 Å². The zero-order valence-corrected chi connectivity index (χ0v) is 37.2. The fourth-order valence-electron chi connectivity index (χ4n) is 7.93. The number of ether oxygens (including phenoxy) is 7. The van der Waals surface area contributed by atoms with Crippen LogP contribution in [-0.4, -0.2) is 48.7 Å². The summed E-state index contributed by atoms with van der Waals surface area (Å²) in [5.41, 5.74) is 4.62. The van der Waals surface area contributed by atoms with Gasteiger partial charge in [-0.15, -0.1) is 0 Å². The molecule has 1 heterocycles. The van der Waals surface area contributed by atoms with Gasteiger partial charge in [0.2, 0.25) is 0 Å². The molecule has 1 aliphatic rings. The van der Waals surface area contributed by atoms with Crippen molar-refractivity contribution in [1.82, 2.24) is 0 Å². The lowest BCUT2D eigenvalue weighted by Crippen LogP contribution is -2.58. The molecule has 63 heavy (non-hydrogen) atoms. The molecule has 0 N–H and O–H groups in total. The Kier molecular flexibility index (Phi) is 16.0. The molecule has 2 unspecified atom stereocenters. The summed E-state index contributed by atoms with van der Waals surface area (Å²) in [7, 11) is 0. The number of halogens is 1. The Bertz CT molecular complexity index is 2310. The van der Waals surface area contributed by atoms with E-state index in [-0.39, 0.29) is 32.2 Å². The van der Waals surface area contributed by atoms with Crippen LogP contribution in [0.2, 0.25) is 5.02 Å². The number of carbonyl (C=O) groups is 1. The standard InChI is InChI=1S/C54H57ClO8/c1-5-54(38-62-53(3,4)63-54)52(61-37-42-25-17-10-18-26-42)51(60-36-41-23-15-9-16-24-41)50(59-35-40-21-13-8-14-22-40)48(56)44-29-32-47(55)46(33-44)49(58-34-39-19-11-7-12-20-39)43-27-30-45(31-28-43)57-6-2/h7-33,49-52H,5-6,34-38H2,1-4H3/t49?,50-,51+,52-,54?/m0/s1. The molecule has 1 fully saturated rings. The first kappa shape index (κ1) is 45.9. The van der Waals surface area contributed by atoms with Gasteiger partial charge in [0.15, 0.2) is 11.6 Å². The van der Waals surface area contributed by atoms with Gasteiger partial charge in [-0.05, 0) is 85.3 Å². The van der Waals surface area contributed by atoms with E-state index >= 15 is 4.79 Å². The Balaban J connectivity index is 1.33. The number of hydrogen-bond donors (Lipinski definition) is 0. The summed E-state index contributed by atoms with van der Waals surface area (Å²) in [6, 6.07) is 52.6. The lowest BCUT2D eigenvalue weighted by Gasteiger charge is -2.42. The van der Waals surface area contributed by atoms with Crippen LogP contribution in [0.5, 0.6) is 5.75 Å². The molecule has 5 atom stereocenters. The van der Waals surface area contributed by atoms with Gasteiger partial charge in [-0.1, -0.05) is 152 Å². The lowest BCUT2D eigenvalue weighted by molar-refractivity contribution is -0.232. The quantitative estimate of drug-likeness (QED) is 0.0624. The Morgan fingerprint density at radius 2 is 1.14 bits per heavy atom. The third kappa shape index (κ3) is 12.1. The van der Waals surface area contributed by atoms with Crippen LogP contribution in [0, 0.1) is 0 Å². The average molecular weight is 869 g/mol. The largest absolute Gasteiger partial charge is 0.494 e. The summed E-state index contributed by atoms with van der Waals surface area (Å²) < 4.78 is 46.4. The van der Waals surface area contributed by atoms with E-state index in [4.69, 9.17) is 44.8 Å². The first-order valence-electron chi connectivity index (χ1n) is 21.7. The zero-order valence-electron chi connectivity index (χ0n) is 36.5. The molecule has 0 bridgehead atoms. The van der Waals surface area contributed by atoms with Crippen LogP contribution in [0.25, 0.3) is 0 Å². The molecule has 6 aromatic rings. The molecule has 0 spiro atoms. The van der Waals surface area contributed by atoms with Crippen molar-refractivity contribution in [1.29, 1.82) is 0 Å². The first-order valence-corrected chi connectivity index (χ1v) is 22.1. The first-order chi connectivity index (χ1) is 30.7. The molecule has 328 valence electrons. The molecule has 0 aromatic heterocycles. The maximum absolute atomic E-state index is 15.6. The van der Waals surface area contributed by atoms with Crippen molar-refractivity contribution in [3.8, 4) is 5.75 Å². The third-order valence-electron chi connectivity index (χ3n) is 11.2. The van der Waals surface area contributed by atoms with E-state index in [2.05, 4.69) is 0 Å². The molecule has 1 saturated heterocycles. The lowest BCUT2D eigenvalue weighted by atomic mass is 9.85. The van der Waals surface area contributed by atoms with Crippen LogP contribution < -0.4 is 4.74 Å². The summed E-state index contributed by atoms with van der Waals surface area (Å²) in [4.78, 5) is 15.6. The highest BCUT2D eigenvalue weighted by molar-refractivity contribution is 6.31. The summed E-state index contributed by atoms with van der Waals surface area (Å²) in [6.07, 6.45) is -3.14. The van der Waals surface area contributed by atoms with E-state index in [0.29, 0.717) is 35.8 Å². The second-order valence-electron chi connectivity index (χ2n) is 16.2. The SMILES string of the molecule is CCOc1ccc(C(OCc2ccccc2)c2cc(C(=O)[C@H](OCc3ccccc3)[C@@H](OCc3ccccc3)[C@H](OCc3ccccc3)C3(CC)COC(C)(C)O3)ccc2Cl)cc1. The van der Waals surface area contributed by atoms with Crippen molar-refractivity contribution in [3.63, 3.8) is 0 Å². The zero-order chi connectivity index (χ0) is 44.1. The molecule has 0 aliphatic carbocycles. The Hall–Kier alpha value is -5.16. The van der Waals surface area contributed by atoms with E-state index < -0.39 is 35.8 Å². The van der Waals surface area contributed by atoms with Gasteiger partial charge in [0.05, 0.1) is 39.6 Å². The number of benzene rings is 6. The van der Waals surface area contributed by atoms with E-state index in [0.717, 1.165) is 33.6 Å². The minimum Gasteiger partial charge on any atom is -0.494 e. The summed E-state index contributed by atoms with van der Waals surface area (Å²) >= 11 is 7.09. The molecular formula is C54H57ClO8. The van der Waals surface area contributed by atoms with Gasteiger partial charge in [-0.2, -0.15) is 0 Å². The average Bonchev–Trinajstić information content (AvgIpc) is 3.65. The van der Waals surface area contributed by atoms with Crippen molar-refractivity contribution < 1.29 is 38.0 Å². The Morgan fingerprint density at radius 3 is 1.63 bits per heavy atom. The number of Topliss-reactive ketones (excluding diaryl/α,β-unsaturated/α-hetero) is 1. The van der Waals surface area contributed by atoms with Gasteiger partial charge in [-0.3, -0.25) is 4.79 Å². The van der Waals surface area contributed by atoms with Gasteiger partial charge >= 0.3 is 0 Å². The number of rotatable bonds is 22. The Morgan fingerprint density at radius 1 is 0.635 bits per heavy atom. The maximum atomic E-state index is 15.6.